The number of rotatable bonds is 7. The quantitative estimate of drug-likeness (QED) is 0.532. The predicted molar refractivity (Wildman–Crippen MR) is 124 cm³/mol. The fraction of sp³-hybridized carbons (Fsp3) is 0.348. The third kappa shape index (κ3) is 5.34. The monoisotopic (exact) mass is 450 g/mol. The van der Waals surface area contributed by atoms with Crippen molar-refractivity contribution in [2.24, 2.45) is 0 Å². The molecular formula is C23H26N6O2S. The van der Waals surface area contributed by atoms with Crippen LogP contribution >= 0.6 is 11.8 Å². The van der Waals surface area contributed by atoms with Gasteiger partial charge in [0.2, 0.25) is 5.91 Å². The normalized spacial score (nSPS) is 13.8. The van der Waals surface area contributed by atoms with Gasteiger partial charge in [0.1, 0.15) is 0 Å². The number of amides is 3. The number of pyridine rings is 1. The van der Waals surface area contributed by atoms with Crippen molar-refractivity contribution >= 4 is 23.7 Å². The molecule has 0 bridgehead atoms. The van der Waals surface area contributed by atoms with Crippen molar-refractivity contribution in [3.8, 4) is 17.1 Å². The minimum Gasteiger partial charge on any atom is -0.335 e. The number of aryl methyl sites for hydroxylation is 1. The standard InChI is InChI=1S/C23H26N6O2S/c1-2-16-7-9-19(10-8-16)29-21(17-11-13-24-14-12-17)27-28-23(29)32-15-20(30)26-22(31)25-18-5-3-4-6-18/h7-14,18H,2-6,15H2,1H3,(H2,25,26,30,31). The van der Waals surface area contributed by atoms with Crippen LogP contribution in [-0.4, -0.2) is 43.5 Å². The van der Waals surface area contributed by atoms with Crippen molar-refractivity contribution in [2.75, 3.05) is 5.75 Å². The lowest BCUT2D eigenvalue weighted by Gasteiger charge is -2.13. The van der Waals surface area contributed by atoms with Crippen molar-refractivity contribution in [1.29, 1.82) is 0 Å². The molecule has 0 saturated heterocycles. The van der Waals surface area contributed by atoms with E-state index >= 15 is 0 Å². The topological polar surface area (TPSA) is 102 Å². The number of benzene rings is 1. The number of imide groups is 1. The molecule has 3 amide bonds. The van der Waals surface area contributed by atoms with E-state index in [2.05, 4.69) is 44.9 Å². The van der Waals surface area contributed by atoms with Crippen LogP contribution in [0.3, 0.4) is 0 Å². The van der Waals surface area contributed by atoms with Crippen molar-refractivity contribution in [3.05, 3.63) is 54.4 Å². The summed E-state index contributed by atoms with van der Waals surface area (Å²) in [6.07, 6.45) is 8.52. The van der Waals surface area contributed by atoms with E-state index < -0.39 is 6.03 Å². The molecule has 1 aliphatic rings. The number of hydrogen-bond acceptors (Lipinski definition) is 6. The summed E-state index contributed by atoms with van der Waals surface area (Å²) < 4.78 is 1.92. The SMILES string of the molecule is CCc1ccc(-n2c(SCC(=O)NC(=O)NC3CCCC3)nnc2-c2ccncc2)cc1. The van der Waals surface area contributed by atoms with Crippen molar-refractivity contribution < 1.29 is 9.59 Å². The average molecular weight is 451 g/mol. The third-order valence-corrected chi connectivity index (χ3v) is 6.38. The number of urea groups is 1. The molecule has 3 aromatic rings. The molecule has 0 aliphatic heterocycles. The molecule has 2 heterocycles. The summed E-state index contributed by atoms with van der Waals surface area (Å²) in [5.41, 5.74) is 3.01. The van der Waals surface area contributed by atoms with E-state index in [0.717, 1.165) is 43.4 Å². The van der Waals surface area contributed by atoms with Gasteiger partial charge in [0, 0.05) is 29.7 Å². The molecule has 1 saturated carbocycles. The molecule has 166 valence electrons. The third-order valence-electron chi connectivity index (χ3n) is 5.45. The van der Waals surface area contributed by atoms with E-state index in [4.69, 9.17) is 0 Å². The van der Waals surface area contributed by atoms with Gasteiger partial charge in [-0.15, -0.1) is 10.2 Å². The van der Waals surface area contributed by atoms with Gasteiger partial charge in [-0.1, -0.05) is 43.7 Å². The van der Waals surface area contributed by atoms with Crippen LogP contribution in [0.2, 0.25) is 0 Å². The smallest absolute Gasteiger partial charge is 0.321 e. The first-order chi connectivity index (χ1) is 15.6. The van der Waals surface area contributed by atoms with Gasteiger partial charge in [0.05, 0.1) is 5.75 Å². The van der Waals surface area contributed by atoms with Gasteiger partial charge in [-0.05, 0) is 49.1 Å². The molecule has 4 rings (SSSR count). The van der Waals surface area contributed by atoms with Crippen LogP contribution in [-0.2, 0) is 11.2 Å². The first kappa shape index (κ1) is 22.0. The Bertz CT molecular complexity index is 1060. The minimum absolute atomic E-state index is 0.0552. The number of nitrogens with zero attached hydrogens (tertiary/aromatic N) is 4. The number of carbonyl (C=O) groups excluding carboxylic acids is 2. The highest BCUT2D eigenvalue weighted by Crippen LogP contribution is 2.28. The lowest BCUT2D eigenvalue weighted by atomic mass is 10.1. The lowest BCUT2D eigenvalue weighted by molar-refractivity contribution is -0.117. The zero-order valence-electron chi connectivity index (χ0n) is 18.0. The Kier molecular flexibility index (Phi) is 7.16. The summed E-state index contributed by atoms with van der Waals surface area (Å²) in [5, 5.41) is 14.5. The fourth-order valence-electron chi connectivity index (χ4n) is 3.75. The molecule has 1 fully saturated rings. The van der Waals surface area contributed by atoms with E-state index in [1.807, 2.05) is 28.8 Å². The second kappa shape index (κ2) is 10.4. The zero-order chi connectivity index (χ0) is 22.3. The first-order valence-electron chi connectivity index (χ1n) is 10.8. The van der Waals surface area contributed by atoms with Crippen molar-refractivity contribution in [1.82, 2.24) is 30.4 Å². The molecule has 0 spiro atoms. The van der Waals surface area contributed by atoms with Gasteiger partial charge >= 0.3 is 6.03 Å². The number of aromatic nitrogens is 4. The molecule has 0 unspecified atom stereocenters. The summed E-state index contributed by atoms with van der Waals surface area (Å²) in [5.74, 6) is 0.352. The highest BCUT2D eigenvalue weighted by Gasteiger charge is 2.20. The molecule has 1 aromatic carbocycles. The highest BCUT2D eigenvalue weighted by atomic mass is 32.2. The van der Waals surface area contributed by atoms with Gasteiger partial charge in [0.25, 0.3) is 0 Å². The van der Waals surface area contributed by atoms with Crippen molar-refractivity contribution in [2.45, 2.75) is 50.2 Å². The second-order valence-electron chi connectivity index (χ2n) is 7.69. The largest absolute Gasteiger partial charge is 0.335 e. The molecule has 0 radical (unpaired) electrons. The second-order valence-corrected chi connectivity index (χ2v) is 8.63. The van der Waals surface area contributed by atoms with Gasteiger partial charge in [-0.2, -0.15) is 0 Å². The van der Waals surface area contributed by atoms with Crippen molar-refractivity contribution in [3.63, 3.8) is 0 Å². The average Bonchev–Trinajstić information content (AvgIpc) is 3.48. The Morgan fingerprint density at radius 1 is 1.06 bits per heavy atom. The molecule has 2 N–H and O–H groups in total. The Morgan fingerprint density at radius 2 is 1.78 bits per heavy atom. The molecule has 8 nitrogen and oxygen atoms in total. The van der Waals surface area contributed by atoms with Gasteiger partial charge in [0.15, 0.2) is 11.0 Å². The van der Waals surface area contributed by atoms with E-state index in [-0.39, 0.29) is 17.7 Å². The van der Waals surface area contributed by atoms with Crippen LogP contribution in [0.1, 0.15) is 38.2 Å². The summed E-state index contributed by atoms with van der Waals surface area (Å²) in [6.45, 7) is 2.11. The fourth-order valence-corrected chi connectivity index (χ4v) is 4.50. The lowest BCUT2D eigenvalue weighted by Crippen LogP contribution is -2.44. The number of nitrogens with one attached hydrogen (secondary N) is 2. The van der Waals surface area contributed by atoms with Crippen LogP contribution in [0.4, 0.5) is 4.79 Å². The summed E-state index contributed by atoms with van der Waals surface area (Å²) in [4.78, 5) is 28.5. The van der Waals surface area contributed by atoms with Gasteiger partial charge < -0.3 is 5.32 Å². The first-order valence-corrected chi connectivity index (χ1v) is 11.8. The molecule has 0 atom stereocenters. The summed E-state index contributed by atoms with van der Waals surface area (Å²) in [6, 6.07) is 11.6. The maximum Gasteiger partial charge on any atom is 0.321 e. The Labute approximate surface area is 191 Å². The molecule has 32 heavy (non-hydrogen) atoms. The van der Waals surface area contributed by atoms with Crippen LogP contribution in [0.15, 0.2) is 53.9 Å². The summed E-state index contributed by atoms with van der Waals surface area (Å²) >= 11 is 1.24. The van der Waals surface area contributed by atoms with E-state index in [9.17, 15) is 9.59 Å². The summed E-state index contributed by atoms with van der Waals surface area (Å²) in [7, 11) is 0. The number of thioether (sulfide) groups is 1. The van der Waals surface area contributed by atoms with Crippen LogP contribution in [0.25, 0.3) is 17.1 Å². The van der Waals surface area contributed by atoms with Gasteiger partial charge in [-0.3, -0.25) is 19.7 Å². The minimum atomic E-state index is -0.434. The van der Waals surface area contributed by atoms with Crippen LogP contribution < -0.4 is 10.6 Å². The van der Waals surface area contributed by atoms with E-state index in [1.54, 1.807) is 12.4 Å². The van der Waals surface area contributed by atoms with E-state index in [1.165, 1.54) is 17.3 Å². The maximum absolute atomic E-state index is 12.4. The van der Waals surface area contributed by atoms with Crippen LogP contribution in [0.5, 0.6) is 0 Å². The molecule has 2 aromatic heterocycles. The highest BCUT2D eigenvalue weighted by molar-refractivity contribution is 7.99. The maximum atomic E-state index is 12.4. The van der Waals surface area contributed by atoms with E-state index in [0.29, 0.717) is 11.0 Å². The Hall–Kier alpha value is -3.20. The van der Waals surface area contributed by atoms with Crippen LogP contribution in [0, 0.1) is 0 Å². The Morgan fingerprint density at radius 3 is 2.47 bits per heavy atom. The zero-order valence-corrected chi connectivity index (χ0v) is 18.8. The number of carbonyl (C=O) groups is 2. The number of hydrogen-bond donors (Lipinski definition) is 2. The Balaban J connectivity index is 1.49. The van der Waals surface area contributed by atoms with Gasteiger partial charge in [-0.25, -0.2) is 4.79 Å². The molecular weight excluding hydrogens is 424 g/mol. The molecule has 9 heteroatoms. The molecule has 1 aliphatic carbocycles. The predicted octanol–water partition coefficient (Wildman–Crippen LogP) is 3.75.